The summed E-state index contributed by atoms with van der Waals surface area (Å²) in [4.78, 5) is 0. The standard InChI is InChI=1S/C9H8FN3/c10-7-1-2-9(11)8(3-7)6-4-12-13-5-6/h1-5H,11H2,(H,12,13). The highest BCUT2D eigenvalue weighted by Gasteiger charge is 2.04. The molecule has 4 heteroatoms. The zero-order valence-electron chi connectivity index (χ0n) is 6.79. The maximum Gasteiger partial charge on any atom is 0.123 e. The van der Waals surface area contributed by atoms with E-state index in [-0.39, 0.29) is 5.82 Å². The number of hydrogen-bond donors (Lipinski definition) is 2. The zero-order valence-corrected chi connectivity index (χ0v) is 6.79. The van der Waals surface area contributed by atoms with Gasteiger partial charge in [0.2, 0.25) is 0 Å². The van der Waals surface area contributed by atoms with E-state index < -0.39 is 0 Å². The molecule has 0 amide bonds. The predicted molar refractivity (Wildman–Crippen MR) is 48.4 cm³/mol. The van der Waals surface area contributed by atoms with Crippen LogP contribution < -0.4 is 5.73 Å². The Bertz CT molecular complexity index is 409. The fourth-order valence-corrected chi connectivity index (χ4v) is 1.18. The molecule has 0 radical (unpaired) electrons. The summed E-state index contributed by atoms with van der Waals surface area (Å²) in [6.45, 7) is 0. The van der Waals surface area contributed by atoms with Gasteiger partial charge < -0.3 is 5.73 Å². The van der Waals surface area contributed by atoms with Crippen molar-refractivity contribution in [3.63, 3.8) is 0 Å². The molecule has 0 saturated carbocycles. The van der Waals surface area contributed by atoms with E-state index >= 15 is 0 Å². The fraction of sp³-hybridized carbons (Fsp3) is 0. The minimum Gasteiger partial charge on any atom is -0.398 e. The third-order valence-corrected chi connectivity index (χ3v) is 1.82. The summed E-state index contributed by atoms with van der Waals surface area (Å²) in [6.07, 6.45) is 3.27. The number of anilines is 1. The summed E-state index contributed by atoms with van der Waals surface area (Å²) in [5.74, 6) is -0.301. The molecule has 0 aliphatic carbocycles. The molecule has 0 atom stereocenters. The van der Waals surface area contributed by atoms with Crippen molar-refractivity contribution < 1.29 is 4.39 Å². The van der Waals surface area contributed by atoms with E-state index in [1.54, 1.807) is 12.4 Å². The number of halogens is 1. The summed E-state index contributed by atoms with van der Waals surface area (Å²) in [5.41, 5.74) is 7.67. The molecule has 2 aromatic rings. The molecule has 2 rings (SSSR count). The second-order valence-electron chi connectivity index (χ2n) is 2.72. The second-order valence-corrected chi connectivity index (χ2v) is 2.72. The SMILES string of the molecule is Nc1ccc(F)cc1-c1cn[nH]c1. The number of nitrogen functional groups attached to an aromatic ring is 1. The lowest BCUT2D eigenvalue weighted by Gasteiger charge is -2.01. The van der Waals surface area contributed by atoms with Crippen LogP contribution in [0.4, 0.5) is 10.1 Å². The molecule has 0 spiro atoms. The Morgan fingerprint density at radius 2 is 2.23 bits per heavy atom. The minimum absolute atomic E-state index is 0.301. The number of H-pyrrole nitrogens is 1. The highest BCUT2D eigenvalue weighted by molar-refractivity contribution is 5.75. The normalized spacial score (nSPS) is 10.2. The van der Waals surface area contributed by atoms with Crippen molar-refractivity contribution in [1.29, 1.82) is 0 Å². The van der Waals surface area contributed by atoms with Gasteiger partial charge >= 0.3 is 0 Å². The van der Waals surface area contributed by atoms with Gasteiger partial charge in [-0.1, -0.05) is 0 Å². The molecule has 0 aliphatic rings. The van der Waals surface area contributed by atoms with Crippen LogP contribution in [-0.4, -0.2) is 10.2 Å². The number of nitrogens with zero attached hydrogens (tertiary/aromatic N) is 1. The number of rotatable bonds is 1. The van der Waals surface area contributed by atoms with Gasteiger partial charge in [-0.2, -0.15) is 5.10 Å². The highest BCUT2D eigenvalue weighted by atomic mass is 19.1. The largest absolute Gasteiger partial charge is 0.398 e. The average molecular weight is 177 g/mol. The topological polar surface area (TPSA) is 54.7 Å². The summed E-state index contributed by atoms with van der Waals surface area (Å²) in [6, 6.07) is 4.26. The Morgan fingerprint density at radius 1 is 1.38 bits per heavy atom. The van der Waals surface area contributed by atoms with Crippen molar-refractivity contribution in [2.24, 2.45) is 0 Å². The van der Waals surface area contributed by atoms with Crippen molar-refractivity contribution in [2.45, 2.75) is 0 Å². The Balaban J connectivity index is 2.57. The first-order chi connectivity index (χ1) is 6.27. The van der Waals surface area contributed by atoms with Gasteiger partial charge in [0.15, 0.2) is 0 Å². The Kier molecular flexibility index (Phi) is 1.73. The quantitative estimate of drug-likeness (QED) is 0.652. The molecule has 13 heavy (non-hydrogen) atoms. The number of nitrogens with one attached hydrogen (secondary N) is 1. The molecule has 1 heterocycles. The molecule has 0 saturated heterocycles. The number of benzene rings is 1. The molecule has 1 aromatic carbocycles. The van der Waals surface area contributed by atoms with Crippen LogP contribution in [0.25, 0.3) is 11.1 Å². The van der Waals surface area contributed by atoms with E-state index in [0.717, 1.165) is 5.56 Å². The number of nitrogens with two attached hydrogens (primary N) is 1. The highest BCUT2D eigenvalue weighted by Crippen LogP contribution is 2.25. The first-order valence-electron chi connectivity index (χ1n) is 3.81. The lowest BCUT2D eigenvalue weighted by Crippen LogP contribution is -1.89. The minimum atomic E-state index is -0.301. The first kappa shape index (κ1) is 7.79. The third kappa shape index (κ3) is 1.38. The maximum atomic E-state index is 12.9. The van der Waals surface area contributed by atoms with Gasteiger partial charge in [0.05, 0.1) is 6.20 Å². The van der Waals surface area contributed by atoms with Crippen LogP contribution >= 0.6 is 0 Å². The summed E-state index contributed by atoms with van der Waals surface area (Å²) in [7, 11) is 0. The van der Waals surface area contributed by atoms with E-state index in [4.69, 9.17) is 5.73 Å². The van der Waals surface area contributed by atoms with Crippen molar-refractivity contribution >= 4 is 5.69 Å². The summed E-state index contributed by atoms with van der Waals surface area (Å²) in [5, 5.41) is 6.41. The van der Waals surface area contributed by atoms with Crippen LogP contribution in [0.2, 0.25) is 0 Å². The van der Waals surface area contributed by atoms with Crippen molar-refractivity contribution in [1.82, 2.24) is 10.2 Å². The van der Waals surface area contributed by atoms with E-state index in [9.17, 15) is 4.39 Å². The van der Waals surface area contributed by atoms with E-state index in [0.29, 0.717) is 11.3 Å². The molecule has 3 N–H and O–H groups in total. The molecular weight excluding hydrogens is 169 g/mol. The fourth-order valence-electron chi connectivity index (χ4n) is 1.18. The van der Waals surface area contributed by atoms with Crippen LogP contribution in [0.15, 0.2) is 30.6 Å². The molecule has 0 bridgehead atoms. The Labute approximate surface area is 74.4 Å². The predicted octanol–water partition coefficient (Wildman–Crippen LogP) is 1.80. The second kappa shape index (κ2) is 2.90. The van der Waals surface area contributed by atoms with Gasteiger partial charge in [-0.25, -0.2) is 4.39 Å². The van der Waals surface area contributed by atoms with Gasteiger partial charge in [-0.15, -0.1) is 0 Å². The summed E-state index contributed by atoms with van der Waals surface area (Å²) < 4.78 is 12.9. The van der Waals surface area contributed by atoms with Crippen molar-refractivity contribution in [3.8, 4) is 11.1 Å². The van der Waals surface area contributed by atoms with E-state index in [1.807, 2.05) is 0 Å². The van der Waals surface area contributed by atoms with Gasteiger partial charge in [0.1, 0.15) is 5.82 Å². The monoisotopic (exact) mass is 177 g/mol. The number of hydrogen-bond acceptors (Lipinski definition) is 2. The van der Waals surface area contributed by atoms with Gasteiger partial charge in [-0.3, -0.25) is 5.10 Å². The Morgan fingerprint density at radius 3 is 2.92 bits per heavy atom. The number of aromatic amines is 1. The van der Waals surface area contributed by atoms with E-state index in [1.165, 1.54) is 18.2 Å². The van der Waals surface area contributed by atoms with E-state index in [2.05, 4.69) is 10.2 Å². The molecule has 66 valence electrons. The third-order valence-electron chi connectivity index (χ3n) is 1.82. The molecule has 0 unspecified atom stereocenters. The molecule has 3 nitrogen and oxygen atoms in total. The van der Waals surface area contributed by atoms with Crippen LogP contribution in [0.1, 0.15) is 0 Å². The first-order valence-corrected chi connectivity index (χ1v) is 3.81. The summed E-state index contributed by atoms with van der Waals surface area (Å²) >= 11 is 0. The Hall–Kier alpha value is -1.84. The zero-order chi connectivity index (χ0) is 9.26. The molecule has 1 aromatic heterocycles. The maximum absolute atomic E-state index is 12.9. The van der Waals surface area contributed by atoms with Crippen LogP contribution in [0.5, 0.6) is 0 Å². The van der Waals surface area contributed by atoms with Crippen molar-refractivity contribution in [3.05, 3.63) is 36.4 Å². The molecule has 0 aliphatic heterocycles. The lowest BCUT2D eigenvalue weighted by molar-refractivity contribution is 0.628. The lowest BCUT2D eigenvalue weighted by atomic mass is 10.1. The molecule has 0 fully saturated rings. The van der Waals surface area contributed by atoms with Gasteiger partial charge in [-0.05, 0) is 18.2 Å². The van der Waals surface area contributed by atoms with Crippen LogP contribution in [-0.2, 0) is 0 Å². The number of aromatic nitrogens is 2. The van der Waals surface area contributed by atoms with Crippen LogP contribution in [0, 0.1) is 5.82 Å². The van der Waals surface area contributed by atoms with Crippen LogP contribution in [0.3, 0.4) is 0 Å². The van der Waals surface area contributed by atoms with Crippen molar-refractivity contribution in [2.75, 3.05) is 5.73 Å². The smallest absolute Gasteiger partial charge is 0.123 e. The van der Waals surface area contributed by atoms with Gasteiger partial charge in [0, 0.05) is 23.0 Å². The average Bonchev–Trinajstić information content (AvgIpc) is 2.61. The molecular formula is C9H8FN3. The van der Waals surface area contributed by atoms with Gasteiger partial charge in [0.25, 0.3) is 0 Å².